The van der Waals surface area contributed by atoms with Crippen molar-refractivity contribution in [1.82, 2.24) is 19.7 Å². The van der Waals surface area contributed by atoms with E-state index in [0.29, 0.717) is 25.2 Å². The summed E-state index contributed by atoms with van der Waals surface area (Å²) in [5.41, 5.74) is 9.51. The van der Waals surface area contributed by atoms with Crippen LogP contribution in [0, 0.1) is 12.8 Å². The van der Waals surface area contributed by atoms with Crippen molar-refractivity contribution in [1.29, 1.82) is 0 Å². The number of amides is 1. The van der Waals surface area contributed by atoms with Crippen molar-refractivity contribution in [3.05, 3.63) is 59.4 Å². The molecule has 28 heavy (non-hydrogen) atoms. The number of aryl methyl sites for hydroxylation is 1. The predicted octanol–water partition coefficient (Wildman–Crippen LogP) is 3.14. The molecule has 0 unspecified atom stereocenters. The maximum Gasteiger partial charge on any atom is 0.255 e. The molecule has 2 aromatic heterocycles. The number of fused-ring (bicyclic) bond motifs is 1. The highest BCUT2D eigenvalue weighted by Crippen LogP contribution is 2.33. The van der Waals surface area contributed by atoms with Gasteiger partial charge in [0.25, 0.3) is 5.91 Å². The lowest BCUT2D eigenvalue weighted by Gasteiger charge is -2.18. The third-order valence-electron chi connectivity index (χ3n) is 5.74. The molecule has 1 aliphatic heterocycles. The van der Waals surface area contributed by atoms with Gasteiger partial charge in [0.1, 0.15) is 0 Å². The van der Waals surface area contributed by atoms with Gasteiger partial charge >= 0.3 is 0 Å². The molecule has 1 fully saturated rings. The minimum atomic E-state index is 0.0288. The fourth-order valence-electron chi connectivity index (χ4n) is 4.18. The zero-order valence-electron chi connectivity index (χ0n) is 16.7. The van der Waals surface area contributed by atoms with Gasteiger partial charge in [0.15, 0.2) is 5.65 Å². The second-order valence-corrected chi connectivity index (χ2v) is 7.94. The van der Waals surface area contributed by atoms with Crippen molar-refractivity contribution in [2.75, 3.05) is 19.6 Å². The second-order valence-electron chi connectivity index (χ2n) is 7.94. The Hall–Kier alpha value is -2.73. The Bertz CT molecular complexity index is 995. The van der Waals surface area contributed by atoms with E-state index in [4.69, 9.17) is 10.7 Å². The first-order chi connectivity index (χ1) is 13.5. The maximum atomic E-state index is 13.3. The quantitative estimate of drug-likeness (QED) is 0.758. The number of hydrogen-bond acceptors (Lipinski definition) is 4. The molecular formula is C22H27N5O. The van der Waals surface area contributed by atoms with Crippen molar-refractivity contribution in [3.8, 4) is 0 Å². The SMILES string of the molecule is Cc1nc2c(cnn2C(C)C)cc1C(=O)N1C[C@@H](CN)[C@H](c2ccccc2)C1. The highest BCUT2D eigenvalue weighted by Gasteiger charge is 2.36. The Kier molecular flexibility index (Phi) is 4.89. The van der Waals surface area contributed by atoms with Crippen LogP contribution in [0.4, 0.5) is 0 Å². The highest BCUT2D eigenvalue weighted by molar-refractivity contribution is 5.98. The second kappa shape index (κ2) is 7.36. The lowest BCUT2D eigenvalue weighted by atomic mass is 9.89. The molecule has 1 aliphatic rings. The summed E-state index contributed by atoms with van der Waals surface area (Å²) in [5.74, 6) is 0.573. The zero-order chi connectivity index (χ0) is 19.8. The van der Waals surface area contributed by atoms with Gasteiger partial charge in [-0.2, -0.15) is 5.10 Å². The monoisotopic (exact) mass is 377 g/mol. The van der Waals surface area contributed by atoms with E-state index in [2.05, 4.69) is 31.1 Å². The Labute approximate surface area is 165 Å². The molecule has 1 aromatic carbocycles. The summed E-state index contributed by atoms with van der Waals surface area (Å²) in [5, 5.41) is 5.32. The van der Waals surface area contributed by atoms with Crippen LogP contribution < -0.4 is 5.73 Å². The van der Waals surface area contributed by atoms with Gasteiger partial charge in [0.2, 0.25) is 0 Å². The number of aromatic nitrogens is 3. The number of likely N-dealkylation sites (tertiary alicyclic amines) is 1. The van der Waals surface area contributed by atoms with Crippen molar-refractivity contribution in [3.63, 3.8) is 0 Å². The number of carbonyl (C=O) groups is 1. The molecule has 6 nitrogen and oxygen atoms in total. The van der Waals surface area contributed by atoms with E-state index >= 15 is 0 Å². The van der Waals surface area contributed by atoms with E-state index in [0.717, 1.165) is 16.7 Å². The highest BCUT2D eigenvalue weighted by atomic mass is 16.2. The first-order valence-electron chi connectivity index (χ1n) is 9.88. The molecule has 6 heteroatoms. The number of benzene rings is 1. The first kappa shape index (κ1) is 18.6. The van der Waals surface area contributed by atoms with E-state index in [-0.39, 0.29) is 23.8 Å². The smallest absolute Gasteiger partial charge is 0.255 e. The van der Waals surface area contributed by atoms with Gasteiger partial charge < -0.3 is 10.6 Å². The summed E-state index contributed by atoms with van der Waals surface area (Å²) < 4.78 is 1.89. The fourth-order valence-corrected chi connectivity index (χ4v) is 4.18. The number of pyridine rings is 1. The van der Waals surface area contributed by atoms with Crippen LogP contribution in [-0.2, 0) is 0 Å². The number of carbonyl (C=O) groups excluding carboxylic acids is 1. The van der Waals surface area contributed by atoms with E-state index in [1.165, 1.54) is 5.56 Å². The van der Waals surface area contributed by atoms with Crippen LogP contribution >= 0.6 is 0 Å². The third kappa shape index (κ3) is 3.18. The molecule has 2 N–H and O–H groups in total. The number of nitrogens with zero attached hydrogens (tertiary/aromatic N) is 4. The van der Waals surface area contributed by atoms with Gasteiger partial charge in [0, 0.05) is 30.4 Å². The molecule has 0 saturated carbocycles. The van der Waals surface area contributed by atoms with Gasteiger partial charge in [-0.25, -0.2) is 9.67 Å². The summed E-state index contributed by atoms with van der Waals surface area (Å²) >= 11 is 0. The first-order valence-corrected chi connectivity index (χ1v) is 9.88. The standard InChI is InChI=1S/C22H27N5O/c1-14(2)27-21-17(11-24-27)9-19(15(3)25-21)22(28)26-12-18(10-23)20(13-26)16-7-5-4-6-8-16/h4-9,11,14,18,20H,10,12-13,23H2,1-3H3/t18-,20+/m1/s1. The molecule has 0 spiro atoms. The lowest BCUT2D eigenvalue weighted by Crippen LogP contribution is -2.30. The minimum Gasteiger partial charge on any atom is -0.338 e. The number of rotatable bonds is 4. The Morgan fingerprint density at radius 2 is 2.00 bits per heavy atom. The van der Waals surface area contributed by atoms with Gasteiger partial charge in [-0.15, -0.1) is 0 Å². The average molecular weight is 377 g/mol. The summed E-state index contributed by atoms with van der Waals surface area (Å²) in [7, 11) is 0. The molecule has 2 atom stereocenters. The normalized spacial score (nSPS) is 19.7. The third-order valence-corrected chi connectivity index (χ3v) is 5.74. The summed E-state index contributed by atoms with van der Waals surface area (Å²) in [4.78, 5) is 19.9. The maximum absolute atomic E-state index is 13.3. The Morgan fingerprint density at radius 1 is 1.25 bits per heavy atom. The zero-order valence-corrected chi connectivity index (χ0v) is 16.7. The molecule has 0 radical (unpaired) electrons. The Morgan fingerprint density at radius 3 is 2.68 bits per heavy atom. The summed E-state index contributed by atoms with van der Waals surface area (Å²) in [6.07, 6.45) is 1.79. The topological polar surface area (TPSA) is 77.0 Å². The summed E-state index contributed by atoms with van der Waals surface area (Å²) in [6.45, 7) is 7.98. The number of nitrogens with two attached hydrogens (primary N) is 1. The minimum absolute atomic E-state index is 0.0288. The molecule has 1 amide bonds. The Balaban J connectivity index is 1.63. The molecular weight excluding hydrogens is 350 g/mol. The van der Waals surface area contributed by atoms with Gasteiger partial charge in [-0.05, 0) is 44.9 Å². The average Bonchev–Trinajstić information content (AvgIpc) is 3.31. The molecule has 146 valence electrons. The van der Waals surface area contributed by atoms with Gasteiger partial charge in [-0.1, -0.05) is 30.3 Å². The van der Waals surface area contributed by atoms with E-state index in [1.807, 2.05) is 40.8 Å². The van der Waals surface area contributed by atoms with Crippen LogP contribution in [-0.4, -0.2) is 45.2 Å². The molecule has 1 saturated heterocycles. The lowest BCUT2D eigenvalue weighted by molar-refractivity contribution is 0.0785. The van der Waals surface area contributed by atoms with Crippen LogP contribution in [0.2, 0.25) is 0 Å². The van der Waals surface area contributed by atoms with Crippen molar-refractivity contribution < 1.29 is 4.79 Å². The van der Waals surface area contributed by atoms with Crippen LogP contribution in [0.1, 0.15) is 47.4 Å². The van der Waals surface area contributed by atoms with Crippen LogP contribution in [0.15, 0.2) is 42.6 Å². The van der Waals surface area contributed by atoms with Crippen LogP contribution in [0.5, 0.6) is 0 Å². The van der Waals surface area contributed by atoms with E-state index in [9.17, 15) is 4.79 Å². The molecule has 3 aromatic rings. The van der Waals surface area contributed by atoms with E-state index < -0.39 is 0 Å². The van der Waals surface area contributed by atoms with Crippen molar-refractivity contribution >= 4 is 16.9 Å². The molecule has 3 heterocycles. The largest absolute Gasteiger partial charge is 0.338 e. The van der Waals surface area contributed by atoms with Crippen LogP contribution in [0.25, 0.3) is 11.0 Å². The van der Waals surface area contributed by atoms with Crippen molar-refractivity contribution in [2.45, 2.75) is 32.7 Å². The number of hydrogen-bond donors (Lipinski definition) is 1. The molecule has 0 bridgehead atoms. The van der Waals surface area contributed by atoms with E-state index in [1.54, 1.807) is 6.20 Å². The van der Waals surface area contributed by atoms with Crippen molar-refractivity contribution in [2.24, 2.45) is 11.7 Å². The predicted molar refractivity (Wildman–Crippen MR) is 110 cm³/mol. The molecule has 4 rings (SSSR count). The molecule has 0 aliphatic carbocycles. The summed E-state index contributed by atoms with van der Waals surface area (Å²) in [6, 6.07) is 12.5. The van der Waals surface area contributed by atoms with Crippen LogP contribution in [0.3, 0.4) is 0 Å². The van der Waals surface area contributed by atoms with Gasteiger partial charge in [0.05, 0.1) is 17.5 Å². The fraction of sp³-hybridized carbons (Fsp3) is 0.409. The van der Waals surface area contributed by atoms with Gasteiger partial charge in [-0.3, -0.25) is 4.79 Å².